The molecule has 0 aliphatic heterocycles. The molecule has 2 rings (SSSR count). The molecule has 7 heteroatoms. The van der Waals surface area contributed by atoms with E-state index in [4.69, 9.17) is 10.1 Å². The molecule has 0 unspecified atom stereocenters. The third kappa shape index (κ3) is 5.56. The number of benzene rings is 2. The van der Waals surface area contributed by atoms with Gasteiger partial charge in [-0.05, 0) is 40.2 Å². The second-order valence-corrected chi connectivity index (χ2v) is 5.92. The van der Waals surface area contributed by atoms with E-state index in [0.717, 1.165) is 0 Å². The zero-order valence-corrected chi connectivity index (χ0v) is 15.5. The molecule has 0 saturated carbocycles. The topological polar surface area (TPSA) is 74.2 Å². The molecule has 1 amide bonds. The van der Waals surface area contributed by atoms with Gasteiger partial charge in [0.15, 0.2) is 5.76 Å². The first-order valence-electron chi connectivity index (χ1n) is 7.63. The standard InChI is InChI=1S/C19H17BrFN3O2/c1-23-11-16(20)19(25)24-12-17(13-5-3-2-4-6-13)26-18(22)14-7-9-15(21)10-8-14/h2-12,22-23H,1H3,(H,24,25)/b16-11+,17-12+,22-18?. The predicted molar refractivity (Wildman–Crippen MR) is 103 cm³/mol. The smallest absolute Gasteiger partial charge is 0.263 e. The van der Waals surface area contributed by atoms with E-state index in [-0.39, 0.29) is 17.6 Å². The minimum absolute atomic E-state index is 0.167. The quantitative estimate of drug-likeness (QED) is 0.290. The number of ether oxygens (including phenoxy) is 1. The molecule has 3 N–H and O–H groups in total. The fourth-order valence-electron chi connectivity index (χ4n) is 1.94. The van der Waals surface area contributed by atoms with Crippen LogP contribution in [0.3, 0.4) is 0 Å². The number of amides is 1. The highest BCUT2D eigenvalue weighted by Crippen LogP contribution is 2.18. The van der Waals surface area contributed by atoms with Gasteiger partial charge in [0.1, 0.15) is 5.82 Å². The van der Waals surface area contributed by atoms with Crippen molar-refractivity contribution in [2.24, 2.45) is 0 Å². The highest BCUT2D eigenvalue weighted by atomic mass is 79.9. The van der Waals surface area contributed by atoms with Crippen LogP contribution in [-0.4, -0.2) is 18.9 Å². The second kappa shape index (κ2) is 9.53. The number of carbonyl (C=O) groups is 1. The molecule has 5 nitrogen and oxygen atoms in total. The van der Waals surface area contributed by atoms with Crippen molar-refractivity contribution in [1.82, 2.24) is 10.6 Å². The van der Waals surface area contributed by atoms with Crippen molar-refractivity contribution in [2.45, 2.75) is 0 Å². The molecule has 2 aromatic carbocycles. The van der Waals surface area contributed by atoms with Gasteiger partial charge >= 0.3 is 0 Å². The molecule has 0 aliphatic rings. The summed E-state index contributed by atoms with van der Waals surface area (Å²) in [6, 6.07) is 14.4. The van der Waals surface area contributed by atoms with Gasteiger partial charge in [0, 0.05) is 30.6 Å². The van der Waals surface area contributed by atoms with Gasteiger partial charge in [0.25, 0.3) is 5.91 Å². The molecular weight excluding hydrogens is 401 g/mol. The number of nitrogens with one attached hydrogen (secondary N) is 3. The Morgan fingerprint density at radius 3 is 2.35 bits per heavy atom. The SMILES string of the molecule is CN/C=C(/Br)C(=O)N/C=C(/OC(=N)c1ccc(F)cc1)c1ccccc1. The van der Waals surface area contributed by atoms with E-state index < -0.39 is 5.82 Å². The van der Waals surface area contributed by atoms with Gasteiger partial charge < -0.3 is 15.4 Å². The van der Waals surface area contributed by atoms with Crippen molar-refractivity contribution in [3.05, 3.63) is 88.4 Å². The summed E-state index contributed by atoms with van der Waals surface area (Å²) in [5, 5.41) is 13.4. The van der Waals surface area contributed by atoms with Crippen LogP contribution in [0.4, 0.5) is 4.39 Å². The van der Waals surface area contributed by atoms with E-state index in [0.29, 0.717) is 15.6 Å². The van der Waals surface area contributed by atoms with E-state index in [9.17, 15) is 9.18 Å². The molecule has 26 heavy (non-hydrogen) atoms. The first kappa shape index (κ1) is 19.4. The van der Waals surface area contributed by atoms with Crippen molar-refractivity contribution in [1.29, 1.82) is 5.41 Å². The Hall–Kier alpha value is -2.93. The van der Waals surface area contributed by atoms with Crippen molar-refractivity contribution < 1.29 is 13.9 Å². The normalized spacial score (nSPS) is 11.7. The number of halogens is 2. The largest absolute Gasteiger partial charge is 0.437 e. The number of rotatable bonds is 6. The molecule has 0 bridgehead atoms. The van der Waals surface area contributed by atoms with Gasteiger partial charge in [0.2, 0.25) is 5.90 Å². The third-order valence-electron chi connectivity index (χ3n) is 3.20. The van der Waals surface area contributed by atoms with E-state index in [1.165, 1.54) is 36.7 Å². The summed E-state index contributed by atoms with van der Waals surface area (Å²) in [6.45, 7) is 0. The zero-order valence-electron chi connectivity index (χ0n) is 13.9. The van der Waals surface area contributed by atoms with Gasteiger partial charge in [-0.3, -0.25) is 10.2 Å². The van der Waals surface area contributed by atoms with Crippen molar-refractivity contribution in [2.75, 3.05) is 7.05 Å². The maximum Gasteiger partial charge on any atom is 0.263 e. The summed E-state index contributed by atoms with van der Waals surface area (Å²) in [7, 11) is 1.67. The van der Waals surface area contributed by atoms with Crippen LogP contribution in [0.15, 0.2) is 71.5 Å². The van der Waals surface area contributed by atoms with Gasteiger partial charge in [-0.25, -0.2) is 4.39 Å². The molecule has 0 heterocycles. The average Bonchev–Trinajstić information content (AvgIpc) is 2.66. The van der Waals surface area contributed by atoms with Crippen LogP contribution in [0.5, 0.6) is 0 Å². The first-order chi connectivity index (χ1) is 12.5. The average molecular weight is 418 g/mol. The lowest BCUT2D eigenvalue weighted by molar-refractivity contribution is -0.115. The van der Waals surface area contributed by atoms with E-state index in [2.05, 4.69) is 26.6 Å². The lowest BCUT2D eigenvalue weighted by Crippen LogP contribution is -2.19. The Balaban J connectivity index is 2.23. The number of carbonyl (C=O) groups excluding carboxylic acids is 1. The summed E-state index contributed by atoms with van der Waals surface area (Å²) in [6.07, 6.45) is 2.87. The monoisotopic (exact) mass is 417 g/mol. The predicted octanol–water partition coefficient (Wildman–Crippen LogP) is 3.74. The van der Waals surface area contributed by atoms with E-state index in [1.54, 1.807) is 19.2 Å². The van der Waals surface area contributed by atoms with Gasteiger partial charge in [-0.1, -0.05) is 30.3 Å². The lowest BCUT2D eigenvalue weighted by Gasteiger charge is -2.12. The maximum atomic E-state index is 13.0. The number of hydrogen-bond donors (Lipinski definition) is 3. The van der Waals surface area contributed by atoms with Crippen LogP contribution in [0.25, 0.3) is 5.76 Å². The molecule has 0 spiro atoms. The van der Waals surface area contributed by atoms with Crippen molar-refractivity contribution >= 4 is 33.5 Å². The summed E-state index contributed by atoms with van der Waals surface area (Å²) >= 11 is 3.14. The molecule has 0 radical (unpaired) electrons. The molecule has 0 atom stereocenters. The first-order valence-corrected chi connectivity index (χ1v) is 8.42. The maximum absolute atomic E-state index is 13.0. The Morgan fingerprint density at radius 1 is 1.08 bits per heavy atom. The summed E-state index contributed by atoms with van der Waals surface area (Å²) in [5.41, 5.74) is 1.09. The molecule has 0 saturated heterocycles. The minimum Gasteiger partial charge on any atom is -0.437 e. The van der Waals surface area contributed by atoms with Crippen molar-refractivity contribution in [3.63, 3.8) is 0 Å². The molecule has 0 aliphatic carbocycles. The summed E-state index contributed by atoms with van der Waals surface area (Å²) in [5.74, 6) is -0.671. The highest BCUT2D eigenvalue weighted by molar-refractivity contribution is 9.12. The van der Waals surface area contributed by atoms with Crippen LogP contribution < -0.4 is 10.6 Å². The number of hydrogen-bond acceptors (Lipinski definition) is 4. The van der Waals surface area contributed by atoms with Gasteiger partial charge in [-0.2, -0.15) is 0 Å². The molecule has 134 valence electrons. The van der Waals surface area contributed by atoms with Crippen LogP contribution in [0, 0.1) is 11.2 Å². The van der Waals surface area contributed by atoms with Crippen LogP contribution >= 0.6 is 15.9 Å². The van der Waals surface area contributed by atoms with Crippen LogP contribution in [-0.2, 0) is 9.53 Å². The Kier molecular flexibility index (Phi) is 7.11. The molecule has 0 fully saturated rings. The zero-order chi connectivity index (χ0) is 18.9. The van der Waals surface area contributed by atoms with E-state index in [1.807, 2.05) is 18.2 Å². The fourth-order valence-corrected chi connectivity index (χ4v) is 2.28. The van der Waals surface area contributed by atoms with Crippen LogP contribution in [0.1, 0.15) is 11.1 Å². The summed E-state index contributed by atoms with van der Waals surface area (Å²) < 4.78 is 19.0. The fraction of sp³-hybridized carbons (Fsp3) is 0.0526. The van der Waals surface area contributed by atoms with Gasteiger partial charge in [0.05, 0.1) is 4.48 Å². The Morgan fingerprint density at radius 2 is 1.73 bits per heavy atom. The summed E-state index contributed by atoms with van der Waals surface area (Å²) in [4.78, 5) is 12.0. The Labute approximate surface area is 159 Å². The minimum atomic E-state index is -0.395. The van der Waals surface area contributed by atoms with E-state index >= 15 is 0 Å². The van der Waals surface area contributed by atoms with Crippen molar-refractivity contribution in [3.8, 4) is 0 Å². The lowest BCUT2D eigenvalue weighted by atomic mass is 10.2. The highest BCUT2D eigenvalue weighted by Gasteiger charge is 2.11. The second-order valence-electron chi connectivity index (χ2n) is 5.07. The molecule has 0 aromatic heterocycles. The molecule has 2 aromatic rings. The molecular formula is C19H17BrFN3O2. The van der Waals surface area contributed by atoms with Gasteiger partial charge in [-0.15, -0.1) is 0 Å². The van der Waals surface area contributed by atoms with Crippen LogP contribution in [0.2, 0.25) is 0 Å². The third-order valence-corrected chi connectivity index (χ3v) is 3.79. The Bertz CT molecular complexity index is 834.